The number of nitrogens with zero attached hydrogens (tertiary/aromatic N) is 1. The van der Waals surface area contributed by atoms with Crippen molar-refractivity contribution >= 4 is 11.9 Å². The molecule has 3 N–H and O–H groups in total. The molecule has 15 heavy (non-hydrogen) atoms. The molecule has 0 aromatic heterocycles. The van der Waals surface area contributed by atoms with Gasteiger partial charge in [0, 0.05) is 19.5 Å². The highest BCUT2D eigenvalue weighted by Gasteiger charge is 2.35. The maximum Gasteiger partial charge on any atom is 0.320 e. The van der Waals surface area contributed by atoms with Crippen molar-refractivity contribution in [3.63, 3.8) is 0 Å². The van der Waals surface area contributed by atoms with Crippen LogP contribution in [0.1, 0.15) is 26.7 Å². The normalized spacial score (nSPS) is 21.8. The number of carbonyl (C=O) groups excluding carboxylic acids is 1. The summed E-state index contributed by atoms with van der Waals surface area (Å²) in [6, 6.07) is -0.874. The zero-order valence-electron chi connectivity index (χ0n) is 9.19. The summed E-state index contributed by atoms with van der Waals surface area (Å²) in [7, 11) is 0. The quantitative estimate of drug-likeness (QED) is 0.692. The number of amides is 1. The third-order valence-corrected chi connectivity index (χ3v) is 2.63. The lowest BCUT2D eigenvalue weighted by atomic mass is 9.93. The van der Waals surface area contributed by atoms with Gasteiger partial charge in [0.25, 0.3) is 0 Å². The molecule has 1 saturated heterocycles. The van der Waals surface area contributed by atoms with Gasteiger partial charge in [0.15, 0.2) is 0 Å². The van der Waals surface area contributed by atoms with Crippen LogP contribution >= 0.6 is 0 Å². The predicted octanol–water partition coefficient (Wildman–Crippen LogP) is 0.0469. The Morgan fingerprint density at radius 2 is 2.27 bits per heavy atom. The van der Waals surface area contributed by atoms with Gasteiger partial charge in [-0.15, -0.1) is 0 Å². The topological polar surface area (TPSA) is 83.6 Å². The van der Waals surface area contributed by atoms with Crippen LogP contribution < -0.4 is 5.73 Å². The zero-order valence-corrected chi connectivity index (χ0v) is 9.19. The molecule has 0 aliphatic carbocycles. The molecule has 1 unspecified atom stereocenters. The Kier molecular flexibility index (Phi) is 3.34. The second-order valence-electron chi connectivity index (χ2n) is 4.89. The molecule has 1 amide bonds. The number of likely N-dealkylation sites (tertiary alicyclic amines) is 1. The third-order valence-electron chi connectivity index (χ3n) is 2.63. The molecule has 5 nitrogen and oxygen atoms in total. The number of hydrogen-bond donors (Lipinski definition) is 2. The molecular formula is C10H18N2O3. The number of carbonyl (C=O) groups is 2. The zero-order chi connectivity index (χ0) is 11.6. The monoisotopic (exact) mass is 214 g/mol. The summed E-state index contributed by atoms with van der Waals surface area (Å²) < 4.78 is 0. The van der Waals surface area contributed by atoms with E-state index in [9.17, 15) is 9.59 Å². The van der Waals surface area contributed by atoms with E-state index >= 15 is 0 Å². The highest BCUT2D eigenvalue weighted by atomic mass is 16.4. The van der Waals surface area contributed by atoms with Crippen LogP contribution in [-0.4, -0.2) is 41.0 Å². The Bertz CT molecular complexity index is 276. The van der Waals surface area contributed by atoms with E-state index in [1.165, 1.54) is 0 Å². The average Bonchev–Trinajstić information content (AvgIpc) is 2.35. The summed E-state index contributed by atoms with van der Waals surface area (Å²) in [5.41, 5.74) is 5.37. The van der Waals surface area contributed by atoms with Crippen molar-refractivity contribution in [1.29, 1.82) is 0 Å². The van der Waals surface area contributed by atoms with Crippen molar-refractivity contribution < 1.29 is 14.7 Å². The van der Waals surface area contributed by atoms with Gasteiger partial charge in [0.1, 0.15) is 6.04 Å². The number of carboxylic acids is 1. The van der Waals surface area contributed by atoms with Gasteiger partial charge in [-0.3, -0.25) is 9.59 Å². The van der Waals surface area contributed by atoms with Crippen LogP contribution in [0.4, 0.5) is 0 Å². The minimum atomic E-state index is -1.01. The lowest BCUT2D eigenvalue weighted by molar-refractivity contribution is -0.139. The number of hydrogen-bond acceptors (Lipinski definition) is 3. The maximum atomic E-state index is 11.5. The van der Waals surface area contributed by atoms with Crippen LogP contribution in [0, 0.1) is 5.41 Å². The molecule has 1 heterocycles. The largest absolute Gasteiger partial charge is 0.480 e. The summed E-state index contributed by atoms with van der Waals surface area (Å²) in [6.45, 7) is 5.19. The highest BCUT2D eigenvalue weighted by Crippen LogP contribution is 2.29. The van der Waals surface area contributed by atoms with Crippen molar-refractivity contribution in [3.05, 3.63) is 0 Å². The fourth-order valence-electron chi connectivity index (χ4n) is 1.80. The predicted molar refractivity (Wildman–Crippen MR) is 55.2 cm³/mol. The van der Waals surface area contributed by atoms with Crippen molar-refractivity contribution in [2.75, 3.05) is 13.1 Å². The first kappa shape index (κ1) is 12.0. The smallest absolute Gasteiger partial charge is 0.320 e. The molecule has 1 rings (SSSR count). The molecule has 1 aliphatic rings. The standard InChI is InChI=1S/C10H18N2O3/c1-10(2)5-8(13)12(6-10)4-3-7(11)9(14)15/h7H,3-6,11H2,1-2H3,(H,14,15). The van der Waals surface area contributed by atoms with Gasteiger partial charge in [0.2, 0.25) is 5.91 Å². The van der Waals surface area contributed by atoms with E-state index in [0.29, 0.717) is 25.9 Å². The molecule has 0 bridgehead atoms. The van der Waals surface area contributed by atoms with E-state index in [-0.39, 0.29) is 11.3 Å². The molecule has 0 aromatic carbocycles. The Hall–Kier alpha value is -1.10. The first-order valence-corrected chi connectivity index (χ1v) is 5.08. The lowest BCUT2D eigenvalue weighted by Crippen LogP contribution is -2.36. The Labute approximate surface area is 89.2 Å². The summed E-state index contributed by atoms with van der Waals surface area (Å²) in [4.78, 5) is 23.7. The van der Waals surface area contributed by atoms with Crippen LogP contribution in [-0.2, 0) is 9.59 Å². The fourth-order valence-corrected chi connectivity index (χ4v) is 1.80. The molecule has 86 valence electrons. The highest BCUT2D eigenvalue weighted by molar-refractivity contribution is 5.79. The third kappa shape index (κ3) is 3.20. The van der Waals surface area contributed by atoms with Gasteiger partial charge in [0.05, 0.1) is 0 Å². The summed E-state index contributed by atoms with van der Waals surface area (Å²) in [5, 5.41) is 8.60. The van der Waals surface area contributed by atoms with E-state index < -0.39 is 12.0 Å². The molecule has 0 radical (unpaired) electrons. The summed E-state index contributed by atoms with van der Waals surface area (Å²) in [5.74, 6) is -0.918. The van der Waals surface area contributed by atoms with Gasteiger partial charge in [-0.2, -0.15) is 0 Å². The van der Waals surface area contributed by atoms with E-state index in [1.54, 1.807) is 4.90 Å². The first-order chi connectivity index (χ1) is 6.82. The Morgan fingerprint density at radius 3 is 2.67 bits per heavy atom. The van der Waals surface area contributed by atoms with E-state index in [0.717, 1.165) is 0 Å². The van der Waals surface area contributed by atoms with E-state index in [2.05, 4.69) is 0 Å². The van der Waals surface area contributed by atoms with E-state index in [4.69, 9.17) is 10.8 Å². The number of aliphatic carboxylic acids is 1. The van der Waals surface area contributed by atoms with Crippen molar-refractivity contribution in [1.82, 2.24) is 4.90 Å². The van der Waals surface area contributed by atoms with Crippen LogP contribution in [0.2, 0.25) is 0 Å². The van der Waals surface area contributed by atoms with Gasteiger partial charge >= 0.3 is 5.97 Å². The summed E-state index contributed by atoms with van der Waals surface area (Å²) >= 11 is 0. The molecule has 0 aromatic rings. The van der Waals surface area contributed by atoms with Crippen molar-refractivity contribution in [2.45, 2.75) is 32.7 Å². The number of carboxylic acid groups (broad SMARTS) is 1. The molecule has 0 saturated carbocycles. The molecule has 1 fully saturated rings. The number of rotatable bonds is 4. The van der Waals surface area contributed by atoms with Crippen LogP contribution in [0.5, 0.6) is 0 Å². The SMILES string of the molecule is CC1(C)CC(=O)N(CCC(N)C(=O)O)C1. The molecule has 5 heteroatoms. The fraction of sp³-hybridized carbons (Fsp3) is 0.800. The van der Waals surface area contributed by atoms with Crippen molar-refractivity contribution in [2.24, 2.45) is 11.1 Å². The second-order valence-corrected chi connectivity index (χ2v) is 4.89. The minimum absolute atomic E-state index is 0.00437. The molecule has 1 atom stereocenters. The lowest BCUT2D eigenvalue weighted by Gasteiger charge is -2.20. The second kappa shape index (κ2) is 4.18. The van der Waals surface area contributed by atoms with Crippen LogP contribution in [0.15, 0.2) is 0 Å². The molecular weight excluding hydrogens is 196 g/mol. The van der Waals surface area contributed by atoms with Crippen molar-refractivity contribution in [3.8, 4) is 0 Å². The molecule has 1 aliphatic heterocycles. The van der Waals surface area contributed by atoms with Crippen LogP contribution in [0.3, 0.4) is 0 Å². The first-order valence-electron chi connectivity index (χ1n) is 5.08. The van der Waals surface area contributed by atoms with Crippen LogP contribution in [0.25, 0.3) is 0 Å². The molecule has 0 spiro atoms. The number of nitrogens with two attached hydrogens (primary N) is 1. The maximum absolute atomic E-state index is 11.5. The Morgan fingerprint density at radius 1 is 1.67 bits per heavy atom. The Balaban J connectivity index is 2.41. The van der Waals surface area contributed by atoms with Gasteiger partial charge in [-0.05, 0) is 11.8 Å². The van der Waals surface area contributed by atoms with Gasteiger partial charge < -0.3 is 15.7 Å². The summed E-state index contributed by atoms with van der Waals surface area (Å²) in [6.07, 6.45) is 0.854. The van der Waals surface area contributed by atoms with Gasteiger partial charge in [-0.1, -0.05) is 13.8 Å². The van der Waals surface area contributed by atoms with E-state index in [1.807, 2.05) is 13.8 Å². The van der Waals surface area contributed by atoms with Gasteiger partial charge in [-0.25, -0.2) is 0 Å². The average molecular weight is 214 g/mol. The minimum Gasteiger partial charge on any atom is -0.480 e.